The van der Waals surface area contributed by atoms with Crippen LogP contribution in [0.3, 0.4) is 0 Å². The zero-order chi connectivity index (χ0) is 31.8. The minimum Gasteiger partial charge on any atom is -0.448 e. The molecule has 1 saturated heterocycles. The number of anilines is 2. The van der Waals surface area contributed by atoms with Gasteiger partial charge in [0.2, 0.25) is 0 Å². The Kier molecular flexibility index (Phi) is 10.5. The molecule has 238 valence electrons. The van der Waals surface area contributed by atoms with E-state index in [-0.39, 0.29) is 24.2 Å². The van der Waals surface area contributed by atoms with E-state index in [4.69, 9.17) is 9.47 Å². The Morgan fingerprint density at radius 1 is 0.956 bits per heavy atom. The van der Waals surface area contributed by atoms with Crippen molar-refractivity contribution in [2.45, 2.75) is 58.4 Å². The van der Waals surface area contributed by atoms with Crippen LogP contribution in [-0.4, -0.2) is 60.6 Å². The van der Waals surface area contributed by atoms with E-state index in [0.29, 0.717) is 33.9 Å². The summed E-state index contributed by atoms with van der Waals surface area (Å²) in [5, 5.41) is 10.9. The first-order chi connectivity index (χ1) is 21.8. The minimum absolute atomic E-state index is 0.185. The van der Waals surface area contributed by atoms with Crippen molar-refractivity contribution in [3.63, 3.8) is 0 Å². The molecule has 2 N–H and O–H groups in total. The highest BCUT2D eigenvalue weighted by Crippen LogP contribution is 2.33. The van der Waals surface area contributed by atoms with Crippen LogP contribution in [0.25, 0.3) is 10.2 Å². The molecule has 0 atom stereocenters. The van der Waals surface area contributed by atoms with E-state index in [0.717, 1.165) is 72.5 Å². The molecule has 0 aliphatic carbocycles. The van der Waals surface area contributed by atoms with E-state index in [2.05, 4.69) is 27.6 Å². The molecule has 0 spiro atoms. The predicted molar refractivity (Wildman–Crippen MR) is 177 cm³/mol. The summed E-state index contributed by atoms with van der Waals surface area (Å²) in [5.41, 5.74) is 1.79. The summed E-state index contributed by atoms with van der Waals surface area (Å²) in [7, 11) is 0. The van der Waals surface area contributed by atoms with Crippen molar-refractivity contribution in [2.24, 2.45) is 0 Å². The first-order valence-electron chi connectivity index (χ1n) is 15.6. The maximum atomic E-state index is 13.5. The number of aromatic nitrogens is 2. The summed E-state index contributed by atoms with van der Waals surface area (Å²) < 4.78 is 12.1. The van der Waals surface area contributed by atoms with Gasteiger partial charge in [0.25, 0.3) is 11.8 Å². The Morgan fingerprint density at radius 2 is 1.67 bits per heavy atom. The van der Waals surface area contributed by atoms with Crippen LogP contribution in [0.15, 0.2) is 60.7 Å². The largest absolute Gasteiger partial charge is 0.448 e. The number of hydrogen-bond donors (Lipinski definition) is 2. The van der Waals surface area contributed by atoms with Gasteiger partial charge in [-0.05, 0) is 56.2 Å². The van der Waals surface area contributed by atoms with Crippen molar-refractivity contribution in [3.05, 3.63) is 76.7 Å². The van der Waals surface area contributed by atoms with Crippen LogP contribution in [0.2, 0.25) is 0 Å². The van der Waals surface area contributed by atoms with Gasteiger partial charge < -0.3 is 25.0 Å². The van der Waals surface area contributed by atoms with E-state index < -0.39 is 11.6 Å². The molecule has 1 aliphatic rings. The van der Waals surface area contributed by atoms with Gasteiger partial charge in [-0.15, -0.1) is 16.4 Å². The molecule has 2 amide bonds. The normalized spacial score (nSPS) is 13.5. The second-order valence-electron chi connectivity index (χ2n) is 11.7. The number of nitrogens with one attached hydrogen (secondary N) is 2. The van der Waals surface area contributed by atoms with Gasteiger partial charge in [-0.25, -0.2) is 4.79 Å². The van der Waals surface area contributed by atoms with Gasteiger partial charge in [0, 0.05) is 24.3 Å². The summed E-state index contributed by atoms with van der Waals surface area (Å²) in [6, 6.07) is 18.7. The highest BCUT2D eigenvalue weighted by Gasteiger charge is 2.27. The van der Waals surface area contributed by atoms with Crippen molar-refractivity contribution in [1.29, 1.82) is 0 Å². The van der Waals surface area contributed by atoms with E-state index >= 15 is 0 Å². The molecule has 0 saturated carbocycles. The lowest BCUT2D eigenvalue weighted by atomic mass is 9.94. The van der Waals surface area contributed by atoms with Crippen LogP contribution in [-0.2, 0) is 15.0 Å². The zero-order valence-electron chi connectivity index (χ0n) is 26.1. The summed E-state index contributed by atoms with van der Waals surface area (Å²) in [4.78, 5) is 42.9. The standard InChI is InChI=1S/C34H41N5O5S/c1-4-5-6-7-11-20-44-33(42)39-32-27(23-28(45-32)31(41)36-34(2,3)25-12-9-8-10-13-25)29(37-39)35-30(40)24-14-16-26(17-15-24)38-18-21-43-22-19-38/h8-10,12-17,23H,4-7,11,18-22H2,1-3H3,(H,36,41)(H,35,37,40). The number of unbranched alkanes of at least 4 members (excludes halogenated alkanes) is 4. The number of nitrogens with zero attached hydrogens (tertiary/aromatic N) is 3. The summed E-state index contributed by atoms with van der Waals surface area (Å²) in [6.45, 7) is 9.23. The van der Waals surface area contributed by atoms with Gasteiger partial charge >= 0.3 is 6.09 Å². The molecule has 1 fully saturated rings. The highest BCUT2D eigenvalue weighted by atomic mass is 32.1. The molecule has 5 rings (SSSR count). The zero-order valence-corrected chi connectivity index (χ0v) is 27.0. The summed E-state index contributed by atoms with van der Waals surface area (Å²) in [5.74, 6) is -0.483. The van der Waals surface area contributed by atoms with Crippen molar-refractivity contribution in [3.8, 4) is 0 Å². The summed E-state index contributed by atoms with van der Waals surface area (Å²) >= 11 is 1.13. The van der Waals surface area contributed by atoms with Gasteiger partial charge in [-0.3, -0.25) is 9.59 Å². The van der Waals surface area contributed by atoms with Crippen LogP contribution in [0.4, 0.5) is 16.3 Å². The first-order valence-corrected chi connectivity index (χ1v) is 16.4. The number of fused-ring (bicyclic) bond motifs is 1. The Hall–Kier alpha value is -4.22. The molecule has 2 aromatic carbocycles. The summed E-state index contributed by atoms with van der Waals surface area (Å²) in [6.07, 6.45) is 4.45. The lowest BCUT2D eigenvalue weighted by molar-refractivity contribution is 0.0915. The third kappa shape index (κ3) is 7.90. The quantitative estimate of drug-likeness (QED) is 0.165. The Balaban J connectivity index is 1.36. The Labute approximate surface area is 267 Å². The third-order valence-corrected chi connectivity index (χ3v) is 9.00. The fourth-order valence-electron chi connectivity index (χ4n) is 5.26. The van der Waals surface area contributed by atoms with Crippen LogP contribution >= 0.6 is 11.3 Å². The van der Waals surface area contributed by atoms with Crippen molar-refractivity contribution >= 4 is 51.0 Å². The van der Waals surface area contributed by atoms with Crippen molar-refractivity contribution < 1.29 is 23.9 Å². The fraction of sp³-hybridized carbons (Fsp3) is 0.412. The molecule has 0 bridgehead atoms. The molecule has 2 aromatic heterocycles. The van der Waals surface area contributed by atoms with Crippen molar-refractivity contribution in [2.75, 3.05) is 43.1 Å². The monoisotopic (exact) mass is 631 g/mol. The van der Waals surface area contributed by atoms with Gasteiger partial charge in [-0.2, -0.15) is 4.68 Å². The molecule has 0 unspecified atom stereocenters. The van der Waals surface area contributed by atoms with E-state index in [9.17, 15) is 14.4 Å². The Bertz CT molecular complexity index is 1610. The molecule has 45 heavy (non-hydrogen) atoms. The number of ether oxygens (including phenoxy) is 2. The van der Waals surface area contributed by atoms with Gasteiger partial charge in [0.1, 0.15) is 4.83 Å². The maximum absolute atomic E-state index is 13.5. The van der Waals surface area contributed by atoms with Crippen LogP contribution in [0, 0.1) is 0 Å². The average molecular weight is 632 g/mol. The fourth-order valence-corrected chi connectivity index (χ4v) is 6.26. The first kappa shape index (κ1) is 32.2. The topological polar surface area (TPSA) is 115 Å². The van der Waals surface area contributed by atoms with Gasteiger partial charge in [0.05, 0.1) is 35.6 Å². The van der Waals surface area contributed by atoms with Crippen LogP contribution in [0.5, 0.6) is 0 Å². The predicted octanol–water partition coefficient (Wildman–Crippen LogP) is 6.81. The number of carbonyl (C=O) groups excluding carboxylic acids is 3. The minimum atomic E-state index is -0.649. The molecule has 4 aromatic rings. The smallest absolute Gasteiger partial charge is 0.436 e. The second-order valence-corrected chi connectivity index (χ2v) is 12.7. The van der Waals surface area contributed by atoms with E-state index in [1.165, 1.54) is 0 Å². The molecular formula is C34H41N5O5S. The number of hydrogen-bond acceptors (Lipinski definition) is 8. The number of benzene rings is 2. The van der Waals surface area contributed by atoms with E-state index in [1.807, 2.05) is 56.3 Å². The molecule has 3 heterocycles. The lowest BCUT2D eigenvalue weighted by Crippen LogP contribution is -2.40. The molecule has 10 nitrogen and oxygen atoms in total. The van der Waals surface area contributed by atoms with Crippen LogP contribution in [0.1, 0.15) is 78.5 Å². The lowest BCUT2D eigenvalue weighted by Gasteiger charge is -2.28. The third-order valence-electron chi connectivity index (χ3n) is 7.89. The van der Waals surface area contributed by atoms with Crippen molar-refractivity contribution in [1.82, 2.24) is 15.1 Å². The number of amides is 2. The number of morpholine rings is 1. The highest BCUT2D eigenvalue weighted by molar-refractivity contribution is 7.20. The molecule has 11 heteroatoms. The molecular weight excluding hydrogens is 590 g/mol. The van der Waals surface area contributed by atoms with E-state index in [1.54, 1.807) is 18.2 Å². The number of rotatable bonds is 12. The Morgan fingerprint density at radius 3 is 2.38 bits per heavy atom. The number of thiophene rings is 1. The van der Waals surface area contributed by atoms with Gasteiger partial charge in [-0.1, -0.05) is 62.9 Å². The van der Waals surface area contributed by atoms with Gasteiger partial charge in [0.15, 0.2) is 5.82 Å². The SMILES string of the molecule is CCCCCCCOC(=O)n1nc(NC(=O)c2ccc(N3CCOCC3)cc2)c2cc(C(=O)NC(C)(C)c3ccccc3)sc21. The molecule has 1 aliphatic heterocycles. The second kappa shape index (κ2) is 14.7. The molecule has 0 radical (unpaired) electrons. The maximum Gasteiger partial charge on any atom is 0.436 e. The number of carbonyl (C=O) groups is 3. The van der Waals surface area contributed by atoms with Crippen LogP contribution < -0.4 is 15.5 Å². The average Bonchev–Trinajstić information content (AvgIpc) is 3.64.